The van der Waals surface area contributed by atoms with Crippen molar-refractivity contribution in [3.63, 3.8) is 0 Å². The van der Waals surface area contributed by atoms with Crippen molar-refractivity contribution in [2.45, 2.75) is 38.6 Å². The molecule has 1 heterocycles. The molecular weight excluding hydrogens is 252 g/mol. The van der Waals surface area contributed by atoms with E-state index in [0.29, 0.717) is 25.3 Å². The molecule has 0 bridgehead atoms. The number of carbonyl (C=O) groups excluding carboxylic acids is 1. The van der Waals surface area contributed by atoms with Gasteiger partial charge in [0.05, 0.1) is 16.9 Å². The van der Waals surface area contributed by atoms with Crippen LogP contribution in [0.4, 0.5) is 0 Å². The molecule has 1 saturated carbocycles. The van der Waals surface area contributed by atoms with Crippen LogP contribution in [0.2, 0.25) is 0 Å². The Morgan fingerprint density at radius 2 is 1.89 bits per heavy atom. The Kier molecular flexibility index (Phi) is 3.69. The zero-order valence-electron chi connectivity index (χ0n) is 10.8. The third-order valence-electron chi connectivity index (χ3n) is 4.24. The monoisotopic (exact) mass is 274 g/mol. The Morgan fingerprint density at radius 3 is 2.33 bits per heavy atom. The van der Waals surface area contributed by atoms with Crippen LogP contribution in [0.1, 0.15) is 32.6 Å². The lowest BCUT2D eigenvalue weighted by atomic mass is 9.62. The Hall–Kier alpha value is -0.620. The maximum Gasteiger partial charge on any atom is 0.227 e. The fourth-order valence-corrected chi connectivity index (χ4v) is 4.58. The van der Waals surface area contributed by atoms with Gasteiger partial charge in [-0.1, -0.05) is 6.92 Å². The summed E-state index contributed by atoms with van der Waals surface area (Å²) in [7, 11) is -2.87. The van der Waals surface area contributed by atoms with Gasteiger partial charge in [0.25, 0.3) is 0 Å². The molecule has 2 fully saturated rings. The maximum atomic E-state index is 12.2. The topological polar surface area (TPSA) is 89.3 Å². The van der Waals surface area contributed by atoms with E-state index in [9.17, 15) is 13.2 Å². The van der Waals surface area contributed by atoms with Crippen LogP contribution >= 0.6 is 0 Å². The average Bonchev–Trinajstić information content (AvgIpc) is 2.27. The first-order valence-corrected chi connectivity index (χ1v) is 8.40. The minimum absolute atomic E-state index is 0.000330. The van der Waals surface area contributed by atoms with Gasteiger partial charge in [0, 0.05) is 12.6 Å². The van der Waals surface area contributed by atoms with Crippen molar-refractivity contribution >= 4 is 15.7 Å². The van der Waals surface area contributed by atoms with Crippen molar-refractivity contribution < 1.29 is 13.2 Å². The van der Waals surface area contributed by atoms with E-state index >= 15 is 0 Å². The lowest BCUT2D eigenvalue weighted by molar-refractivity contribution is -0.138. The second-order valence-electron chi connectivity index (χ2n) is 5.90. The highest BCUT2D eigenvalue weighted by Crippen LogP contribution is 2.44. The van der Waals surface area contributed by atoms with Crippen LogP contribution in [0.3, 0.4) is 0 Å². The number of nitrogens with one attached hydrogen (secondary N) is 1. The van der Waals surface area contributed by atoms with Gasteiger partial charge in [-0.05, 0) is 31.6 Å². The molecule has 5 nitrogen and oxygen atoms in total. The Balaban J connectivity index is 1.89. The molecule has 1 amide bonds. The van der Waals surface area contributed by atoms with E-state index in [2.05, 4.69) is 12.2 Å². The van der Waals surface area contributed by atoms with Crippen molar-refractivity contribution in [2.24, 2.45) is 17.1 Å². The molecule has 0 aromatic heterocycles. The summed E-state index contributed by atoms with van der Waals surface area (Å²) in [6.45, 7) is 2.50. The van der Waals surface area contributed by atoms with E-state index in [4.69, 9.17) is 5.73 Å². The quantitative estimate of drug-likeness (QED) is 0.761. The molecule has 0 aromatic carbocycles. The van der Waals surface area contributed by atoms with Gasteiger partial charge in [0.2, 0.25) is 5.91 Å². The highest BCUT2D eigenvalue weighted by molar-refractivity contribution is 7.91. The fraction of sp³-hybridized carbons (Fsp3) is 0.917. The number of hydrogen-bond donors (Lipinski definition) is 2. The molecule has 0 unspecified atom stereocenters. The second kappa shape index (κ2) is 4.81. The standard InChI is InChI=1S/C12H22N2O3S/c1-9-6-12(7-9,8-13)11(15)14-10-2-4-18(16,17)5-3-10/h9-10H,2-8,13H2,1H3,(H,14,15). The van der Waals surface area contributed by atoms with E-state index in [-0.39, 0.29) is 23.5 Å². The summed E-state index contributed by atoms with van der Waals surface area (Å²) in [6, 6.07) is 0.000330. The number of carbonyl (C=O) groups is 1. The van der Waals surface area contributed by atoms with Gasteiger partial charge in [-0.2, -0.15) is 0 Å². The fourth-order valence-electron chi connectivity index (χ4n) is 3.09. The van der Waals surface area contributed by atoms with E-state index in [0.717, 1.165) is 12.8 Å². The Labute approximate surface area is 108 Å². The molecule has 1 aliphatic heterocycles. The summed E-state index contributed by atoms with van der Waals surface area (Å²) in [6.07, 6.45) is 2.76. The highest BCUT2D eigenvalue weighted by atomic mass is 32.2. The minimum atomic E-state index is -2.87. The summed E-state index contributed by atoms with van der Waals surface area (Å²) in [5.74, 6) is 0.951. The summed E-state index contributed by atoms with van der Waals surface area (Å²) in [5.41, 5.74) is 5.33. The van der Waals surface area contributed by atoms with Crippen LogP contribution in [0.5, 0.6) is 0 Å². The average molecular weight is 274 g/mol. The third kappa shape index (κ3) is 2.69. The van der Waals surface area contributed by atoms with Crippen LogP contribution in [0, 0.1) is 11.3 Å². The van der Waals surface area contributed by atoms with Crippen molar-refractivity contribution in [3.05, 3.63) is 0 Å². The Morgan fingerprint density at radius 1 is 1.33 bits per heavy atom. The summed E-state index contributed by atoms with van der Waals surface area (Å²) >= 11 is 0. The van der Waals surface area contributed by atoms with E-state index in [1.54, 1.807) is 0 Å². The minimum Gasteiger partial charge on any atom is -0.353 e. The van der Waals surface area contributed by atoms with Gasteiger partial charge < -0.3 is 11.1 Å². The van der Waals surface area contributed by atoms with Gasteiger partial charge in [0.15, 0.2) is 0 Å². The van der Waals surface area contributed by atoms with Crippen molar-refractivity contribution in [2.75, 3.05) is 18.1 Å². The van der Waals surface area contributed by atoms with Crippen LogP contribution in [-0.2, 0) is 14.6 Å². The molecule has 0 spiro atoms. The van der Waals surface area contributed by atoms with E-state index in [1.807, 2.05) is 0 Å². The number of hydrogen-bond acceptors (Lipinski definition) is 4. The predicted octanol–water partition coefficient (Wildman–Crippen LogP) is 0.0548. The molecule has 18 heavy (non-hydrogen) atoms. The molecule has 3 N–H and O–H groups in total. The largest absolute Gasteiger partial charge is 0.353 e. The molecule has 1 saturated heterocycles. The highest BCUT2D eigenvalue weighted by Gasteiger charge is 2.47. The number of sulfone groups is 1. The van der Waals surface area contributed by atoms with Gasteiger partial charge in [0.1, 0.15) is 9.84 Å². The summed E-state index contributed by atoms with van der Waals surface area (Å²) in [4.78, 5) is 12.2. The van der Waals surface area contributed by atoms with Crippen molar-refractivity contribution in [3.8, 4) is 0 Å². The lowest BCUT2D eigenvalue weighted by Gasteiger charge is -2.45. The normalized spacial score (nSPS) is 35.8. The van der Waals surface area contributed by atoms with E-state index < -0.39 is 15.3 Å². The molecule has 0 atom stereocenters. The van der Waals surface area contributed by atoms with Crippen LogP contribution < -0.4 is 11.1 Å². The zero-order chi connectivity index (χ0) is 13.4. The molecule has 1 aliphatic carbocycles. The summed E-state index contributed by atoms with van der Waals surface area (Å²) < 4.78 is 22.6. The first-order chi connectivity index (χ1) is 8.37. The van der Waals surface area contributed by atoms with Gasteiger partial charge in [-0.3, -0.25) is 4.79 Å². The van der Waals surface area contributed by atoms with Crippen molar-refractivity contribution in [1.29, 1.82) is 0 Å². The summed E-state index contributed by atoms with van der Waals surface area (Å²) in [5, 5.41) is 2.99. The number of rotatable bonds is 3. The van der Waals surface area contributed by atoms with Gasteiger partial charge in [-0.25, -0.2) is 8.42 Å². The maximum absolute atomic E-state index is 12.2. The first-order valence-electron chi connectivity index (χ1n) is 6.58. The van der Waals surface area contributed by atoms with Crippen LogP contribution in [0.25, 0.3) is 0 Å². The molecule has 2 rings (SSSR count). The smallest absolute Gasteiger partial charge is 0.227 e. The van der Waals surface area contributed by atoms with Gasteiger partial charge in [-0.15, -0.1) is 0 Å². The number of nitrogens with two attached hydrogens (primary N) is 1. The Bertz CT molecular complexity index is 413. The molecule has 0 radical (unpaired) electrons. The SMILES string of the molecule is CC1CC(CN)(C(=O)NC2CCS(=O)(=O)CC2)C1. The molecule has 0 aromatic rings. The second-order valence-corrected chi connectivity index (χ2v) is 8.20. The van der Waals surface area contributed by atoms with Crippen molar-refractivity contribution in [1.82, 2.24) is 5.32 Å². The zero-order valence-corrected chi connectivity index (χ0v) is 11.6. The molecule has 2 aliphatic rings. The number of amides is 1. The molecule has 6 heteroatoms. The van der Waals surface area contributed by atoms with Crippen LogP contribution in [0.15, 0.2) is 0 Å². The predicted molar refractivity (Wildman–Crippen MR) is 69.7 cm³/mol. The molecular formula is C12H22N2O3S. The first kappa shape index (κ1) is 13.8. The van der Waals surface area contributed by atoms with Gasteiger partial charge >= 0.3 is 0 Å². The molecule has 104 valence electrons. The van der Waals surface area contributed by atoms with E-state index in [1.165, 1.54) is 0 Å². The van der Waals surface area contributed by atoms with Crippen LogP contribution in [-0.4, -0.2) is 38.4 Å². The third-order valence-corrected chi connectivity index (χ3v) is 5.96. The lowest BCUT2D eigenvalue weighted by Crippen LogP contribution is -2.56.